The SMILES string of the molecule is CC(C)(C)OC(=O)n1ccc2cc(C#CCCCl)ccc21. The van der Waals surface area contributed by atoms with Crippen LogP contribution in [0, 0.1) is 11.8 Å². The summed E-state index contributed by atoms with van der Waals surface area (Å²) in [5.74, 6) is 6.58. The number of ether oxygens (including phenoxy) is 1. The van der Waals surface area contributed by atoms with Crippen molar-refractivity contribution in [1.82, 2.24) is 4.57 Å². The molecule has 2 rings (SSSR count). The molecular formula is C17H18ClNO2. The molecule has 0 bridgehead atoms. The van der Waals surface area contributed by atoms with Gasteiger partial charge in [0.25, 0.3) is 0 Å². The average molecular weight is 304 g/mol. The van der Waals surface area contributed by atoms with Crippen LogP contribution in [0.25, 0.3) is 10.9 Å². The molecule has 21 heavy (non-hydrogen) atoms. The number of carbonyl (C=O) groups is 1. The number of aromatic nitrogens is 1. The summed E-state index contributed by atoms with van der Waals surface area (Å²) in [7, 11) is 0. The van der Waals surface area contributed by atoms with Crippen molar-refractivity contribution in [3.8, 4) is 11.8 Å². The highest BCUT2D eigenvalue weighted by atomic mass is 35.5. The second-order valence-corrected chi connectivity index (χ2v) is 6.06. The molecule has 0 saturated heterocycles. The average Bonchev–Trinajstić information content (AvgIpc) is 2.80. The number of carbonyl (C=O) groups excluding carboxylic acids is 1. The molecule has 0 saturated carbocycles. The van der Waals surface area contributed by atoms with Gasteiger partial charge in [0, 0.05) is 29.4 Å². The minimum atomic E-state index is -0.513. The van der Waals surface area contributed by atoms with Gasteiger partial charge in [-0.15, -0.1) is 11.6 Å². The van der Waals surface area contributed by atoms with Crippen molar-refractivity contribution in [3.05, 3.63) is 36.0 Å². The molecule has 1 aromatic heterocycles. The van der Waals surface area contributed by atoms with Crippen molar-refractivity contribution < 1.29 is 9.53 Å². The smallest absolute Gasteiger partial charge is 0.418 e. The van der Waals surface area contributed by atoms with Crippen LogP contribution >= 0.6 is 11.6 Å². The Kier molecular flexibility index (Phi) is 4.59. The zero-order valence-corrected chi connectivity index (χ0v) is 13.2. The summed E-state index contributed by atoms with van der Waals surface area (Å²) in [5.41, 5.74) is 1.21. The highest BCUT2D eigenvalue weighted by Gasteiger charge is 2.18. The van der Waals surface area contributed by atoms with E-state index in [9.17, 15) is 4.79 Å². The Hall–Kier alpha value is -1.92. The van der Waals surface area contributed by atoms with E-state index in [1.165, 1.54) is 4.57 Å². The molecular weight excluding hydrogens is 286 g/mol. The molecule has 1 aromatic carbocycles. The third-order valence-electron chi connectivity index (χ3n) is 2.73. The number of hydrogen-bond acceptors (Lipinski definition) is 2. The number of alkyl halides is 1. The minimum Gasteiger partial charge on any atom is -0.443 e. The fraction of sp³-hybridized carbons (Fsp3) is 0.353. The summed E-state index contributed by atoms with van der Waals surface area (Å²) in [6.07, 6.45) is 2.01. The lowest BCUT2D eigenvalue weighted by Gasteiger charge is -2.19. The maximum absolute atomic E-state index is 12.1. The van der Waals surface area contributed by atoms with Gasteiger partial charge in [-0.25, -0.2) is 4.79 Å². The molecule has 4 heteroatoms. The number of rotatable bonds is 1. The van der Waals surface area contributed by atoms with Gasteiger partial charge in [-0.3, -0.25) is 4.57 Å². The molecule has 3 nitrogen and oxygen atoms in total. The largest absolute Gasteiger partial charge is 0.443 e. The lowest BCUT2D eigenvalue weighted by atomic mass is 10.1. The Morgan fingerprint density at radius 3 is 2.76 bits per heavy atom. The van der Waals surface area contributed by atoms with Crippen LogP contribution in [0.3, 0.4) is 0 Å². The van der Waals surface area contributed by atoms with Crippen molar-refractivity contribution in [3.63, 3.8) is 0 Å². The zero-order valence-electron chi connectivity index (χ0n) is 12.4. The molecule has 0 aliphatic carbocycles. The third kappa shape index (κ3) is 4.03. The number of fused-ring (bicyclic) bond motifs is 1. The Labute approximate surface area is 129 Å². The lowest BCUT2D eigenvalue weighted by molar-refractivity contribution is 0.0544. The van der Waals surface area contributed by atoms with E-state index < -0.39 is 5.60 Å². The van der Waals surface area contributed by atoms with Gasteiger partial charge in [-0.05, 0) is 45.0 Å². The van der Waals surface area contributed by atoms with E-state index in [0.29, 0.717) is 12.3 Å². The Morgan fingerprint density at radius 2 is 2.10 bits per heavy atom. The summed E-state index contributed by atoms with van der Waals surface area (Å²) < 4.78 is 6.89. The summed E-state index contributed by atoms with van der Waals surface area (Å²) in [4.78, 5) is 12.1. The van der Waals surface area contributed by atoms with Crippen molar-refractivity contribution in [2.24, 2.45) is 0 Å². The summed E-state index contributed by atoms with van der Waals surface area (Å²) >= 11 is 5.60. The Balaban J connectivity index is 2.30. The molecule has 0 unspecified atom stereocenters. The molecule has 110 valence electrons. The Bertz CT molecular complexity index is 714. The number of benzene rings is 1. The third-order valence-corrected chi connectivity index (χ3v) is 2.92. The minimum absolute atomic E-state index is 0.376. The fourth-order valence-electron chi connectivity index (χ4n) is 1.90. The predicted molar refractivity (Wildman–Crippen MR) is 85.8 cm³/mol. The van der Waals surface area contributed by atoms with E-state index in [1.807, 2.05) is 45.0 Å². The van der Waals surface area contributed by atoms with Gasteiger partial charge in [0.15, 0.2) is 0 Å². The highest BCUT2D eigenvalue weighted by molar-refractivity contribution is 6.18. The van der Waals surface area contributed by atoms with Gasteiger partial charge in [0.2, 0.25) is 0 Å². The molecule has 0 aliphatic heterocycles. The van der Waals surface area contributed by atoms with Gasteiger partial charge in [0.05, 0.1) is 5.52 Å². The van der Waals surface area contributed by atoms with E-state index >= 15 is 0 Å². The van der Waals surface area contributed by atoms with Crippen LogP contribution in [0.2, 0.25) is 0 Å². The van der Waals surface area contributed by atoms with Gasteiger partial charge in [0.1, 0.15) is 5.60 Å². The summed E-state index contributed by atoms with van der Waals surface area (Å²) in [6, 6.07) is 7.61. The van der Waals surface area contributed by atoms with Crippen molar-refractivity contribution in [1.29, 1.82) is 0 Å². The summed E-state index contributed by atoms with van der Waals surface area (Å²) in [6.45, 7) is 5.55. The topological polar surface area (TPSA) is 31.2 Å². The van der Waals surface area contributed by atoms with Crippen molar-refractivity contribution in [2.75, 3.05) is 5.88 Å². The molecule has 2 aromatic rings. The van der Waals surface area contributed by atoms with Crippen LogP contribution in [0.4, 0.5) is 4.79 Å². The number of halogens is 1. The first kappa shape index (κ1) is 15.5. The van der Waals surface area contributed by atoms with Crippen LogP contribution in [-0.4, -0.2) is 22.1 Å². The van der Waals surface area contributed by atoms with Crippen molar-refractivity contribution in [2.45, 2.75) is 32.8 Å². The van der Waals surface area contributed by atoms with E-state index in [1.54, 1.807) is 6.20 Å². The molecule has 0 aliphatic rings. The molecule has 0 radical (unpaired) electrons. The second kappa shape index (κ2) is 6.24. The first-order chi connectivity index (χ1) is 9.90. The van der Waals surface area contributed by atoms with Crippen molar-refractivity contribution >= 4 is 28.6 Å². The first-order valence-electron chi connectivity index (χ1n) is 6.80. The highest BCUT2D eigenvalue weighted by Crippen LogP contribution is 2.19. The predicted octanol–water partition coefficient (Wildman–Crippen LogP) is 4.40. The molecule has 0 atom stereocenters. The van der Waals surface area contributed by atoms with Gasteiger partial charge in [-0.2, -0.15) is 0 Å². The van der Waals surface area contributed by atoms with E-state index in [0.717, 1.165) is 16.5 Å². The second-order valence-electron chi connectivity index (χ2n) is 5.68. The number of nitrogens with zero attached hydrogens (tertiary/aromatic N) is 1. The van der Waals surface area contributed by atoms with E-state index in [2.05, 4.69) is 11.8 Å². The van der Waals surface area contributed by atoms with Gasteiger partial charge < -0.3 is 4.74 Å². The molecule has 0 spiro atoms. The van der Waals surface area contributed by atoms with E-state index in [-0.39, 0.29) is 6.09 Å². The Morgan fingerprint density at radius 1 is 1.33 bits per heavy atom. The molecule has 1 heterocycles. The number of hydrogen-bond donors (Lipinski definition) is 0. The maximum Gasteiger partial charge on any atom is 0.418 e. The quantitative estimate of drug-likeness (QED) is 0.577. The lowest BCUT2D eigenvalue weighted by Crippen LogP contribution is -2.26. The van der Waals surface area contributed by atoms with Crippen LogP contribution in [0.5, 0.6) is 0 Å². The molecule has 0 fully saturated rings. The standard InChI is InChI=1S/C17H18ClNO2/c1-17(2,3)21-16(20)19-11-9-14-12-13(6-4-5-10-18)7-8-15(14)19/h7-9,11-12H,5,10H2,1-3H3. The molecule has 0 amide bonds. The van der Waals surface area contributed by atoms with Crippen LogP contribution < -0.4 is 0 Å². The zero-order chi connectivity index (χ0) is 15.5. The normalized spacial score (nSPS) is 11.0. The van der Waals surface area contributed by atoms with Crippen LogP contribution in [0.15, 0.2) is 30.5 Å². The fourth-order valence-corrected chi connectivity index (χ4v) is 2.00. The summed E-state index contributed by atoms with van der Waals surface area (Å²) in [5, 5.41) is 0.957. The monoisotopic (exact) mass is 303 g/mol. The van der Waals surface area contributed by atoms with Gasteiger partial charge >= 0.3 is 6.09 Å². The first-order valence-corrected chi connectivity index (χ1v) is 7.33. The van der Waals surface area contributed by atoms with E-state index in [4.69, 9.17) is 16.3 Å². The maximum atomic E-state index is 12.1. The van der Waals surface area contributed by atoms with Crippen LogP contribution in [0.1, 0.15) is 32.8 Å². The van der Waals surface area contributed by atoms with Gasteiger partial charge in [-0.1, -0.05) is 11.8 Å². The molecule has 0 N–H and O–H groups in total. The van der Waals surface area contributed by atoms with Crippen LogP contribution in [-0.2, 0) is 4.74 Å².